The van der Waals surface area contributed by atoms with E-state index in [1.807, 2.05) is 0 Å². The van der Waals surface area contributed by atoms with Crippen molar-refractivity contribution in [3.63, 3.8) is 0 Å². The van der Waals surface area contributed by atoms with E-state index in [0.29, 0.717) is 6.29 Å². The van der Waals surface area contributed by atoms with E-state index in [-0.39, 0.29) is 0 Å². The number of hydrogen-bond acceptors (Lipinski definition) is 1. The molecule has 0 spiro atoms. The molecule has 0 rings (SSSR count). The molecule has 0 aliphatic rings. The first kappa shape index (κ1) is 4.63. The third-order valence-corrected chi connectivity index (χ3v) is 0.367. The Morgan fingerprint density at radius 3 is 2.20 bits per heavy atom. The minimum absolute atomic E-state index is 0.701. The summed E-state index contributed by atoms with van der Waals surface area (Å²) in [5.74, 6) is 0. The van der Waals surface area contributed by atoms with Crippen LogP contribution in [-0.4, -0.2) is 16.5 Å². The van der Waals surface area contributed by atoms with Gasteiger partial charge in [-0.3, -0.25) is 4.79 Å². The number of rotatable bonds is 1. The van der Waals surface area contributed by atoms with Crippen LogP contribution in [0.2, 0.25) is 0 Å². The van der Waals surface area contributed by atoms with Crippen LogP contribution in [0.4, 0.5) is 0 Å². The molecule has 0 aliphatic carbocycles. The van der Waals surface area contributed by atoms with Gasteiger partial charge in [0.15, 0.2) is 0 Å². The number of allylic oxidation sites excluding steroid dienone is 1. The standard InChI is InChI=1S/C3H3OSi/c4-2-1-3-5/h1-3H/b3-1-. The molecule has 0 N–H and O–H groups in total. The van der Waals surface area contributed by atoms with Crippen LogP contribution in [0.15, 0.2) is 11.8 Å². The Morgan fingerprint density at radius 2 is 2.20 bits per heavy atom. The Labute approximate surface area is 34.1 Å². The van der Waals surface area contributed by atoms with Crippen molar-refractivity contribution >= 4 is 16.5 Å². The topological polar surface area (TPSA) is 17.1 Å². The maximum atomic E-state index is 9.29. The molecule has 0 aliphatic heterocycles. The molecule has 0 fully saturated rings. The Kier molecular flexibility index (Phi) is 3.36. The second kappa shape index (κ2) is 3.63. The monoisotopic (exact) mass is 83.0 g/mol. The van der Waals surface area contributed by atoms with E-state index in [0.717, 1.165) is 0 Å². The number of carbonyl (C=O) groups is 1. The van der Waals surface area contributed by atoms with Gasteiger partial charge in [0.1, 0.15) is 6.29 Å². The highest BCUT2D eigenvalue weighted by molar-refractivity contribution is 6.18. The summed E-state index contributed by atoms with van der Waals surface area (Å²) in [7, 11) is 2.94. The highest BCUT2D eigenvalue weighted by atomic mass is 28.1. The van der Waals surface area contributed by atoms with E-state index in [9.17, 15) is 4.79 Å². The molecule has 0 aromatic heterocycles. The second-order valence-corrected chi connectivity index (χ2v) is 0.829. The lowest BCUT2D eigenvalue weighted by Gasteiger charge is -1.50. The molecule has 5 heavy (non-hydrogen) atoms. The summed E-state index contributed by atoms with van der Waals surface area (Å²) in [6.45, 7) is 0. The minimum Gasteiger partial charge on any atom is -0.299 e. The molecule has 3 radical (unpaired) electrons. The molecule has 0 saturated carbocycles. The summed E-state index contributed by atoms with van der Waals surface area (Å²) in [6, 6.07) is 0. The molecule has 1 nitrogen and oxygen atoms in total. The Morgan fingerprint density at radius 1 is 1.60 bits per heavy atom. The Hall–Kier alpha value is -0.373. The van der Waals surface area contributed by atoms with Crippen LogP contribution in [-0.2, 0) is 4.79 Å². The fraction of sp³-hybridized carbons (Fsp3) is 0. The zero-order valence-electron chi connectivity index (χ0n) is 2.64. The van der Waals surface area contributed by atoms with Gasteiger partial charge >= 0.3 is 0 Å². The van der Waals surface area contributed by atoms with Gasteiger partial charge < -0.3 is 0 Å². The van der Waals surface area contributed by atoms with Crippen molar-refractivity contribution in [2.24, 2.45) is 0 Å². The zero-order chi connectivity index (χ0) is 4.12. The first-order valence-corrected chi connectivity index (χ1v) is 1.77. The Balaban J connectivity index is 2.92. The van der Waals surface area contributed by atoms with Crippen LogP contribution >= 0.6 is 0 Å². The van der Waals surface area contributed by atoms with Crippen LogP contribution in [0.1, 0.15) is 0 Å². The fourth-order valence-corrected chi connectivity index (χ4v) is 0.118. The van der Waals surface area contributed by atoms with Crippen molar-refractivity contribution in [3.8, 4) is 0 Å². The van der Waals surface area contributed by atoms with Crippen LogP contribution in [0, 0.1) is 0 Å². The predicted octanol–water partition coefficient (Wildman–Crippen LogP) is -0.133. The van der Waals surface area contributed by atoms with Gasteiger partial charge in [-0.2, -0.15) is 0 Å². The third-order valence-electron chi connectivity index (χ3n) is 0.175. The Bertz CT molecular complexity index is 48.9. The number of carbonyl (C=O) groups excluding carboxylic acids is 1. The van der Waals surface area contributed by atoms with Gasteiger partial charge in [0.05, 0.1) is 10.2 Å². The lowest BCUT2D eigenvalue weighted by atomic mass is 10.7. The van der Waals surface area contributed by atoms with Crippen LogP contribution in [0.25, 0.3) is 0 Å². The van der Waals surface area contributed by atoms with E-state index in [2.05, 4.69) is 10.2 Å². The molecule has 0 aromatic rings. The molecule has 0 unspecified atom stereocenters. The van der Waals surface area contributed by atoms with Gasteiger partial charge in [0.25, 0.3) is 0 Å². The maximum Gasteiger partial charge on any atom is 0.142 e. The SMILES string of the molecule is O=C/C=C\[Si]. The lowest BCUT2D eigenvalue weighted by Crippen LogP contribution is -1.54. The molecule has 0 heterocycles. The zero-order valence-corrected chi connectivity index (χ0v) is 3.64. The van der Waals surface area contributed by atoms with E-state index in [4.69, 9.17) is 0 Å². The first-order chi connectivity index (χ1) is 2.41. The van der Waals surface area contributed by atoms with Gasteiger partial charge in [-0.15, -0.1) is 0 Å². The molecule has 0 atom stereocenters. The van der Waals surface area contributed by atoms with Crippen molar-refractivity contribution in [2.75, 3.05) is 0 Å². The summed E-state index contributed by atoms with van der Waals surface area (Å²) in [5, 5.41) is 0. The molecular weight excluding hydrogens is 80.1 g/mol. The third kappa shape index (κ3) is 3.63. The maximum absolute atomic E-state index is 9.29. The molecule has 0 saturated heterocycles. The second-order valence-electron chi connectivity index (χ2n) is 0.495. The van der Waals surface area contributed by atoms with Crippen LogP contribution in [0.5, 0.6) is 0 Å². The molecular formula is C3H3OSi. The van der Waals surface area contributed by atoms with E-state index < -0.39 is 0 Å². The molecule has 0 amide bonds. The molecule has 0 aromatic carbocycles. The van der Waals surface area contributed by atoms with Crippen LogP contribution in [0.3, 0.4) is 0 Å². The predicted molar refractivity (Wildman–Crippen MR) is 21.0 cm³/mol. The van der Waals surface area contributed by atoms with Crippen LogP contribution < -0.4 is 0 Å². The lowest BCUT2D eigenvalue weighted by molar-refractivity contribution is -0.104. The van der Waals surface area contributed by atoms with Gasteiger partial charge in [0, 0.05) is 0 Å². The highest BCUT2D eigenvalue weighted by Crippen LogP contribution is 1.48. The smallest absolute Gasteiger partial charge is 0.142 e. The summed E-state index contributed by atoms with van der Waals surface area (Å²) in [4.78, 5) is 9.29. The summed E-state index contributed by atoms with van der Waals surface area (Å²) in [5.41, 5.74) is 1.49. The quantitative estimate of drug-likeness (QED) is 0.245. The molecule has 2 heteroatoms. The van der Waals surface area contributed by atoms with Crippen molar-refractivity contribution < 1.29 is 4.79 Å². The van der Waals surface area contributed by atoms with Gasteiger partial charge in [-0.1, -0.05) is 5.70 Å². The van der Waals surface area contributed by atoms with Crippen molar-refractivity contribution in [1.82, 2.24) is 0 Å². The fourth-order valence-electron chi connectivity index (χ4n) is 0.0393. The summed E-state index contributed by atoms with van der Waals surface area (Å²) in [6.07, 6.45) is 2.06. The number of hydrogen-bond donors (Lipinski definition) is 0. The average molecular weight is 83.1 g/mol. The highest BCUT2D eigenvalue weighted by Gasteiger charge is 1.48. The van der Waals surface area contributed by atoms with Crippen molar-refractivity contribution in [3.05, 3.63) is 11.8 Å². The average Bonchev–Trinajstić information content (AvgIpc) is 1.41. The molecule has 0 bridgehead atoms. The first-order valence-electron chi connectivity index (χ1n) is 1.19. The van der Waals surface area contributed by atoms with Gasteiger partial charge in [-0.05, 0) is 6.08 Å². The van der Waals surface area contributed by atoms with Gasteiger partial charge in [-0.25, -0.2) is 0 Å². The van der Waals surface area contributed by atoms with Crippen molar-refractivity contribution in [2.45, 2.75) is 0 Å². The molecule has 25 valence electrons. The van der Waals surface area contributed by atoms with E-state index in [1.165, 1.54) is 11.8 Å². The van der Waals surface area contributed by atoms with E-state index >= 15 is 0 Å². The summed E-state index contributed by atoms with van der Waals surface area (Å²) < 4.78 is 0. The largest absolute Gasteiger partial charge is 0.299 e. The minimum atomic E-state index is 0.701. The van der Waals surface area contributed by atoms with E-state index in [1.54, 1.807) is 0 Å². The van der Waals surface area contributed by atoms with Crippen molar-refractivity contribution in [1.29, 1.82) is 0 Å². The normalized spacial score (nSPS) is 9.00. The van der Waals surface area contributed by atoms with Gasteiger partial charge in [0.2, 0.25) is 0 Å². The summed E-state index contributed by atoms with van der Waals surface area (Å²) >= 11 is 0. The number of aldehydes is 1.